The monoisotopic (exact) mass is 352 g/mol. The maximum absolute atomic E-state index is 12.0. The van der Waals surface area contributed by atoms with E-state index in [1.165, 1.54) is 0 Å². The topological polar surface area (TPSA) is 64.7 Å². The average molecular weight is 353 g/mol. The van der Waals surface area contributed by atoms with Crippen molar-refractivity contribution in [1.29, 1.82) is 0 Å². The number of nitrogens with one attached hydrogen (secondary N) is 2. The quantitative estimate of drug-likeness (QED) is 0.744. The number of likely N-dealkylation sites (N-methyl/N-ethyl adjacent to an activating group) is 2. The molecule has 6 nitrogen and oxygen atoms in total. The molecule has 0 aromatic heterocycles. The van der Waals surface area contributed by atoms with Gasteiger partial charge in [0.15, 0.2) is 0 Å². The van der Waals surface area contributed by atoms with E-state index in [0.29, 0.717) is 30.1 Å². The van der Waals surface area contributed by atoms with Crippen LogP contribution in [0.4, 0.5) is 0 Å². The first-order valence-electron chi connectivity index (χ1n) is 8.15. The first-order valence-corrected chi connectivity index (χ1v) is 8.53. The summed E-state index contributed by atoms with van der Waals surface area (Å²) in [7, 11) is 4.12. The summed E-state index contributed by atoms with van der Waals surface area (Å²) in [5.74, 6) is -0.224. The van der Waals surface area contributed by atoms with Crippen molar-refractivity contribution in [2.75, 3.05) is 46.8 Å². The van der Waals surface area contributed by atoms with Crippen molar-refractivity contribution in [3.63, 3.8) is 0 Å². The fourth-order valence-corrected chi connectivity index (χ4v) is 2.95. The van der Waals surface area contributed by atoms with Gasteiger partial charge in [0.1, 0.15) is 0 Å². The lowest BCUT2D eigenvalue weighted by molar-refractivity contribution is -0.122. The molecule has 1 atom stereocenters. The molecule has 7 heteroatoms. The Morgan fingerprint density at radius 1 is 1.17 bits per heavy atom. The number of carbonyl (C=O) groups excluding carboxylic acids is 2. The molecule has 0 aliphatic carbocycles. The second-order valence-electron chi connectivity index (χ2n) is 6.19. The van der Waals surface area contributed by atoms with Gasteiger partial charge < -0.3 is 20.4 Å². The zero-order valence-electron chi connectivity index (χ0n) is 14.2. The Morgan fingerprint density at radius 3 is 2.62 bits per heavy atom. The maximum Gasteiger partial charge on any atom is 0.252 e. The molecule has 0 spiro atoms. The van der Waals surface area contributed by atoms with Crippen molar-refractivity contribution in [3.8, 4) is 0 Å². The molecule has 2 amide bonds. The predicted octanol–water partition coefficient (Wildman–Crippen LogP) is 0.822. The van der Waals surface area contributed by atoms with Gasteiger partial charge >= 0.3 is 0 Å². The summed E-state index contributed by atoms with van der Waals surface area (Å²) >= 11 is 5.98. The van der Waals surface area contributed by atoms with Gasteiger partial charge in [-0.15, -0.1) is 0 Å². The Kier molecular flexibility index (Phi) is 7.02. The third-order valence-electron chi connectivity index (χ3n) is 4.25. The lowest BCUT2D eigenvalue weighted by Gasteiger charge is -2.37. The van der Waals surface area contributed by atoms with Crippen molar-refractivity contribution in [2.45, 2.75) is 12.5 Å². The van der Waals surface area contributed by atoms with E-state index in [2.05, 4.69) is 34.5 Å². The normalized spacial score (nSPS) is 19.0. The number of benzene rings is 1. The van der Waals surface area contributed by atoms with Crippen LogP contribution in [0, 0.1) is 0 Å². The number of halogens is 1. The molecule has 0 unspecified atom stereocenters. The second kappa shape index (κ2) is 9.01. The van der Waals surface area contributed by atoms with Gasteiger partial charge in [-0.2, -0.15) is 0 Å². The molecule has 1 aromatic rings. The lowest BCUT2D eigenvalue weighted by Crippen LogP contribution is -2.51. The Bertz CT molecular complexity index is 581. The molecule has 1 heterocycles. The van der Waals surface area contributed by atoms with Gasteiger partial charge in [-0.3, -0.25) is 9.59 Å². The molecule has 2 N–H and O–H groups in total. The van der Waals surface area contributed by atoms with Crippen LogP contribution < -0.4 is 10.6 Å². The zero-order valence-corrected chi connectivity index (χ0v) is 15.0. The highest BCUT2D eigenvalue weighted by atomic mass is 35.5. The van der Waals surface area contributed by atoms with Crippen LogP contribution in [0.5, 0.6) is 0 Å². The molecule has 24 heavy (non-hydrogen) atoms. The third kappa shape index (κ3) is 5.47. The summed E-state index contributed by atoms with van der Waals surface area (Å²) < 4.78 is 0. The highest BCUT2D eigenvalue weighted by Gasteiger charge is 2.24. The standard InChI is InChI=1S/C17H25ClN4O2/c1-21-9-10-22(2)13(12-21)11-16(23)19-7-8-20-17(24)14-5-3-4-6-15(14)18/h3-6,13H,7-12H2,1-2H3,(H,19,23)(H,20,24)/t13-/m0/s1. The summed E-state index contributed by atoms with van der Waals surface area (Å²) in [5, 5.41) is 6.03. The Morgan fingerprint density at radius 2 is 1.88 bits per heavy atom. The zero-order chi connectivity index (χ0) is 17.5. The van der Waals surface area contributed by atoms with Crippen LogP contribution in [-0.4, -0.2) is 74.5 Å². The number of amides is 2. The van der Waals surface area contributed by atoms with Crippen LogP contribution in [0.25, 0.3) is 0 Å². The van der Waals surface area contributed by atoms with Crippen LogP contribution >= 0.6 is 11.6 Å². The van der Waals surface area contributed by atoms with Gasteiger partial charge in [0.25, 0.3) is 5.91 Å². The first-order chi connectivity index (χ1) is 11.5. The summed E-state index contributed by atoms with van der Waals surface area (Å²) in [5.41, 5.74) is 0.442. The van der Waals surface area contributed by atoms with Gasteiger partial charge in [0, 0.05) is 45.2 Å². The van der Waals surface area contributed by atoms with E-state index in [1.807, 2.05) is 0 Å². The first kappa shape index (κ1) is 18.7. The van der Waals surface area contributed by atoms with Crippen molar-refractivity contribution in [2.24, 2.45) is 0 Å². The van der Waals surface area contributed by atoms with E-state index in [1.54, 1.807) is 24.3 Å². The number of hydrogen-bond donors (Lipinski definition) is 2. The number of piperazine rings is 1. The largest absolute Gasteiger partial charge is 0.354 e. The summed E-state index contributed by atoms with van der Waals surface area (Å²) in [4.78, 5) is 28.5. The molecule has 1 aliphatic heterocycles. The van der Waals surface area contributed by atoms with Crippen LogP contribution in [0.15, 0.2) is 24.3 Å². The van der Waals surface area contributed by atoms with E-state index >= 15 is 0 Å². The number of hydrogen-bond acceptors (Lipinski definition) is 4. The lowest BCUT2D eigenvalue weighted by atomic mass is 10.1. The van der Waals surface area contributed by atoms with Crippen molar-refractivity contribution < 1.29 is 9.59 Å². The maximum atomic E-state index is 12.0. The van der Waals surface area contributed by atoms with Crippen LogP contribution in [0.2, 0.25) is 5.02 Å². The van der Waals surface area contributed by atoms with Crippen LogP contribution in [0.1, 0.15) is 16.8 Å². The Balaban J connectivity index is 1.67. The molecular weight excluding hydrogens is 328 g/mol. The molecule has 1 fully saturated rings. The molecule has 132 valence electrons. The summed E-state index contributed by atoms with van der Waals surface area (Å²) in [6.45, 7) is 3.68. The van der Waals surface area contributed by atoms with E-state index in [-0.39, 0.29) is 17.9 Å². The van der Waals surface area contributed by atoms with Gasteiger partial charge in [-0.1, -0.05) is 23.7 Å². The predicted molar refractivity (Wildman–Crippen MR) is 95.3 cm³/mol. The van der Waals surface area contributed by atoms with E-state index in [0.717, 1.165) is 19.6 Å². The molecular formula is C17H25ClN4O2. The smallest absolute Gasteiger partial charge is 0.252 e. The second-order valence-corrected chi connectivity index (χ2v) is 6.59. The molecule has 1 aromatic carbocycles. The van der Waals surface area contributed by atoms with E-state index < -0.39 is 0 Å². The van der Waals surface area contributed by atoms with Gasteiger partial charge in [-0.05, 0) is 26.2 Å². The molecule has 1 saturated heterocycles. The van der Waals surface area contributed by atoms with Gasteiger partial charge in [0.2, 0.25) is 5.91 Å². The highest BCUT2D eigenvalue weighted by molar-refractivity contribution is 6.33. The molecule has 0 radical (unpaired) electrons. The third-order valence-corrected chi connectivity index (χ3v) is 4.58. The SMILES string of the molecule is CN1CCN(C)[C@@H](CC(=O)NCCNC(=O)c2ccccc2Cl)C1. The minimum atomic E-state index is -0.233. The molecule has 2 rings (SSSR count). The van der Waals surface area contributed by atoms with Gasteiger partial charge in [0.05, 0.1) is 10.6 Å². The number of carbonyl (C=O) groups is 2. The van der Waals surface area contributed by atoms with Crippen molar-refractivity contribution in [3.05, 3.63) is 34.9 Å². The molecule has 0 saturated carbocycles. The van der Waals surface area contributed by atoms with Crippen LogP contribution in [0.3, 0.4) is 0 Å². The number of nitrogens with zero attached hydrogens (tertiary/aromatic N) is 2. The summed E-state index contributed by atoms with van der Waals surface area (Å²) in [6.07, 6.45) is 0.472. The number of rotatable bonds is 6. The highest BCUT2D eigenvalue weighted by Crippen LogP contribution is 2.14. The van der Waals surface area contributed by atoms with Gasteiger partial charge in [-0.25, -0.2) is 0 Å². The average Bonchev–Trinajstić information content (AvgIpc) is 2.55. The minimum absolute atomic E-state index is 0.00847. The Labute approximate surface area is 148 Å². The molecule has 1 aliphatic rings. The summed E-state index contributed by atoms with van der Waals surface area (Å²) in [6, 6.07) is 7.13. The molecule has 0 bridgehead atoms. The Hall–Kier alpha value is -1.63. The fraction of sp³-hybridized carbons (Fsp3) is 0.529. The van der Waals surface area contributed by atoms with E-state index in [4.69, 9.17) is 11.6 Å². The van der Waals surface area contributed by atoms with Crippen LogP contribution in [-0.2, 0) is 4.79 Å². The van der Waals surface area contributed by atoms with E-state index in [9.17, 15) is 9.59 Å². The van der Waals surface area contributed by atoms with Crippen molar-refractivity contribution >= 4 is 23.4 Å². The fourth-order valence-electron chi connectivity index (χ4n) is 2.73. The minimum Gasteiger partial charge on any atom is -0.354 e. The van der Waals surface area contributed by atoms with Crippen molar-refractivity contribution in [1.82, 2.24) is 20.4 Å².